The zero-order valence-corrected chi connectivity index (χ0v) is 12.9. The summed E-state index contributed by atoms with van der Waals surface area (Å²) in [6.07, 6.45) is 1.55. The third-order valence-corrected chi connectivity index (χ3v) is 4.34. The molecule has 0 unspecified atom stereocenters. The first-order valence-corrected chi connectivity index (χ1v) is 7.02. The molecule has 0 saturated carbocycles. The van der Waals surface area contributed by atoms with Gasteiger partial charge in [-0.25, -0.2) is 9.78 Å². The third kappa shape index (κ3) is 2.63. The van der Waals surface area contributed by atoms with Crippen LogP contribution in [-0.2, 0) is 9.53 Å². The zero-order chi connectivity index (χ0) is 14.9. The quantitative estimate of drug-likeness (QED) is 0.834. The van der Waals surface area contributed by atoms with E-state index in [0.29, 0.717) is 28.9 Å². The summed E-state index contributed by atoms with van der Waals surface area (Å²) in [4.78, 5) is 29.3. The van der Waals surface area contributed by atoms with E-state index in [1.54, 1.807) is 12.3 Å². The summed E-state index contributed by atoms with van der Waals surface area (Å²) in [6, 6.07) is 1.59. The van der Waals surface area contributed by atoms with E-state index in [1.165, 1.54) is 7.11 Å². The van der Waals surface area contributed by atoms with Crippen molar-refractivity contribution in [1.82, 2.24) is 4.98 Å². The van der Waals surface area contributed by atoms with Crippen LogP contribution < -0.4 is 10.6 Å². The van der Waals surface area contributed by atoms with Gasteiger partial charge in [0.2, 0.25) is 5.91 Å². The van der Waals surface area contributed by atoms with Gasteiger partial charge in [0.15, 0.2) is 0 Å². The number of nitrogens with zero attached hydrogens (tertiary/aromatic N) is 2. The van der Waals surface area contributed by atoms with Crippen LogP contribution in [0.15, 0.2) is 16.7 Å². The molecule has 2 N–H and O–H groups in total. The maximum Gasteiger partial charge on any atom is 0.339 e. The topological polar surface area (TPSA) is 85.5 Å². The van der Waals surface area contributed by atoms with Crippen molar-refractivity contribution >= 4 is 33.6 Å². The second kappa shape index (κ2) is 5.78. The Bertz CT molecular complexity index is 550. The van der Waals surface area contributed by atoms with Crippen molar-refractivity contribution in [3.8, 4) is 0 Å². The normalized spacial score (nSPS) is 21.9. The number of halogens is 1. The molecule has 108 valence electrons. The summed E-state index contributed by atoms with van der Waals surface area (Å²) in [5.41, 5.74) is 5.80. The highest BCUT2D eigenvalue weighted by Crippen LogP contribution is 2.33. The first-order chi connectivity index (χ1) is 9.45. The van der Waals surface area contributed by atoms with Gasteiger partial charge in [-0.15, -0.1) is 0 Å². The average molecular weight is 342 g/mol. The number of methoxy groups -OCH3 is 1. The number of pyridine rings is 1. The van der Waals surface area contributed by atoms with Gasteiger partial charge in [0.05, 0.1) is 23.1 Å². The molecule has 1 fully saturated rings. The Morgan fingerprint density at radius 2 is 2.20 bits per heavy atom. The highest BCUT2D eigenvalue weighted by Gasteiger charge is 2.35. The van der Waals surface area contributed by atoms with Crippen LogP contribution >= 0.6 is 15.9 Å². The van der Waals surface area contributed by atoms with Gasteiger partial charge in [-0.05, 0) is 27.9 Å². The number of esters is 1. The average Bonchev–Trinajstić information content (AvgIpc) is 2.80. The molecule has 2 heterocycles. The SMILES string of the molecule is COC(=O)c1ccnc(N2C[C@@H](C)[C@H](C(N)=O)C2)c1Br. The Morgan fingerprint density at radius 3 is 2.75 bits per heavy atom. The first-order valence-electron chi connectivity index (χ1n) is 6.22. The highest BCUT2D eigenvalue weighted by atomic mass is 79.9. The largest absolute Gasteiger partial charge is 0.465 e. The molecule has 7 heteroatoms. The van der Waals surface area contributed by atoms with Crippen LogP contribution in [0.3, 0.4) is 0 Å². The van der Waals surface area contributed by atoms with E-state index in [0.717, 1.165) is 0 Å². The van der Waals surface area contributed by atoms with Crippen molar-refractivity contribution in [3.63, 3.8) is 0 Å². The van der Waals surface area contributed by atoms with Crippen LogP contribution in [0.1, 0.15) is 17.3 Å². The van der Waals surface area contributed by atoms with Crippen LogP contribution in [0.5, 0.6) is 0 Å². The van der Waals surface area contributed by atoms with E-state index in [-0.39, 0.29) is 17.7 Å². The van der Waals surface area contributed by atoms with Gasteiger partial charge in [0.25, 0.3) is 0 Å². The summed E-state index contributed by atoms with van der Waals surface area (Å²) < 4.78 is 5.30. The first kappa shape index (κ1) is 14.8. The van der Waals surface area contributed by atoms with Gasteiger partial charge < -0.3 is 15.4 Å². The molecule has 0 radical (unpaired) electrons. The van der Waals surface area contributed by atoms with Gasteiger partial charge in [-0.2, -0.15) is 0 Å². The number of hydrogen-bond donors (Lipinski definition) is 1. The molecule has 1 aromatic heterocycles. The number of carbonyl (C=O) groups excluding carboxylic acids is 2. The Kier molecular flexibility index (Phi) is 4.27. The Balaban J connectivity index is 2.31. The molecule has 0 aromatic carbocycles. The number of primary amides is 1. The fraction of sp³-hybridized carbons (Fsp3) is 0.462. The summed E-state index contributed by atoms with van der Waals surface area (Å²) in [6.45, 7) is 3.16. The van der Waals surface area contributed by atoms with Gasteiger partial charge >= 0.3 is 5.97 Å². The summed E-state index contributed by atoms with van der Waals surface area (Å²) in [5.74, 6) is -0.156. The smallest absolute Gasteiger partial charge is 0.339 e. The zero-order valence-electron chi connectivity index (χ0n) is 11.3. The van der Waals surface area contributed by atoms with Crippen LogP contribution in [0.4, 0.5) is 5.82 Å². The number of aromatic nitrogens is 1. The molecular formula is C13H16BrN3O3. The van der Waals surface area contributed by atoms with E-state index in [4.69, 9.17) is 10.5 Å². The van der Waals surface area contributed by atoms with Crippen LogP contribution in [-0.4, -0.2) is 37.1 Å². The van der Waals surface area contributed by atoms with Crippen molar-refractivity contribution in [3.05, 3.63) is 22.3 Å². The Hall–Kier alpha value is -1.63. The molecule has 6 nitrogen and oxygen atoms in total. The highest BCUT2D eigenvalue weighted by molar-refractivity contribution is 9.10. The second-order valence-electron chi connectivity index (χ2n) is 4.88. The predicted octanol–water partition coefficient (Wildman–Crippen LogP) is 1.19. The Labute approximate surface area is 125 Å². The molecule has 2 rings (SSSR count). The molecule has 0 spiro atoms. The molecule has 1 amide bonds. The van der Waals surface area contributed by atoms with Crippen LogP contribution in [0.2, 0.25) is 0 Å². The minimum atomic E-state index is -0.431. The molecule has 20 heavy (non-hydrogen) atoms. The van der Waals surface area contributed by atoms with E-state index in [1.807, 2.05) is 11.8 Å². The number of rotatable bonds is 3. The predicted molar refractivity (Wildman–Crippen MR) is 77.3 cm³/mol. The fourth-order valence-corrected chi connectivity index (χ4v) is 3.08. The molecule has 1 aromatic rings. The van der Waals surface area contributed by atoms with E-state index in [2.05, 4.69) is 20.9 Å². The molecule has 1 saturated heterocycles. The summed E-state index contributed by atoms with van der Waals surface area (Å²) in [5, 5.41) is 0. The van der Waals surface area contributed by atoms with Gasteiger partial charge in [-0.1, -0.05) is 6.92 Å². The molecule has 1 aliphatic rings. The van der Waals surface area contributed by atoms with E-state index in [9.17, 15) is 9.59 Å². The molecular weight excluding hydrogens is 326 g/mol. The lowest BCUT2D eigenvalue weighted by Gasteiger charge is -2.19. The lowest BCUT2D eigenvalue weighted by molar-refractivity contribution is -0.122. The number of ether oxygens (including phenoxy) is 1. The summed E-state index contributed by atoms with van der Waals surface area (Å²) >= 11 is 3.39. The lowest BCUT2D eigenvalue weighted by Crippen LogP contribution is -2.29. The number of anilines is 1. The van der Waals surface area contributed by atoms with Crippen LogP contribution in [0, 0.1) is 11.8 Å². The monoisotopic (exact) mass is 341 g/mol. The number of hydrogen-bond acceptors (Lipinski definition) is 5. The number of nitrogens with two attached hydrogens (primary N) is 1. The fourth-order valence-electron chi connectivity index (χ4n) is 2.43. The van der Waals surface area contributed by atoms with Crippen molar-refractivity contribution in [2.75, 3.05) is 25.1 Å². The van der Waals surface area contributed by atoms with Crippen molar-refractivity contribution in [2.24, 2.45) is 17.6 Å². The van der Waals surface area contributed by atoms with Crippen molar-refractivity contribution in [1.29, 1.82) is 0 Å². The molecule has 1 aliphatic heterocycles. The second-order valence-corrected chi connectivity index (χ2v) is 5.67. The number of amides is 1. The minimum Gasteiger partial charge on any atom is -0.465 e. The lowest BCUT2D eigenvalue weighted by atomic mass is 9.98. The van der Waals surface area contributed by atoms with Gasteiger partial charge in [0.1, 0.15) is 5.82 Å². The van der Waals surface area contributed by atoms with Crippen LogP contribution in [0.25, 0.3) is 0 Å². The molecule has 0 bridgehead atoms. The maximum absolute atomic E-state index is 11.7. The van der Waals surface area contributed by atoms with Crippen molar-refractivity contribution in [2.45, 2.75) is 6.92 Å². The molecule has 0 aliphatic carbocycles. The van der Waals surface area contributed by atoms with E-state index < -0.39 is 5.97 Å². The Morgan fingerprint density at radius 1 is 1.50 bits per heavy atom. The van der Waals surface area contributed by atoms with Crippen molar-refractivity contribution < 1.29 is 14.3 Å². The number of carbonyl (C=O) groups is 2. The summed E-state index contributed by atoms with van der Waals surface area (Å²) in [7, 11) is 1.33. The third-order valence-electron chi connectivity index (χ3n) is 3.55. The van der Waals surface area contributed by atoms with Gasteiger partial charge in [0, 0.05) is 19.3 Å². The maximum atomic E-state index is 11.7. The standard InChI is InChI=1S/C13H16BrN3O3/c1-7-5-17(6-9(7)11(15)18)12-10(14)8(3-4-16-12)13(19)20-2/h3-4,7,9H,5-6H2,1-2H3,(H2,15,18)/t7-,9-/m1/s1. The van der Waals surface area contributed by atoms with E-state index >= 15 is 0 Å². The minimum absolute atomic E-state index is 0.156. The molecule has 2 atom stereocenters. The van der Waals surface area contributed by atoms with Gasteiger partial charge in [-0.3, -0.25) is 4.79 Å².